The first-order valence-corrected chi connectivity index (χ1v) is 5.06. The molecule has 0 saturated heterocycles. The molecule has 2 heteroatoms. The van der Waals surface area contributed by atoms with Crippen LogP contribution in [0, 0.1) is 5.92 Å². The Bertz CT molecular complexity index is 127. The van der Waals surface area contributed by atoms with Crippen molar-refractivity contribution in [1.29, 1.82) is 0 Å². The Hall–Kier alpha value is -0.0800. The predicted molar refractivity (Wildman–Crippen MR) is 51.3 cm³/mol. The second-order valence-electron chi connectivity index (χ2n) is 3.74. The van der Waals surface area contributed by atoms with Gasteiger partial charge >= 0.3 is 0 Å². The molecule has 72 valence electrons. The van der Waals surface area contributed by atoms with E-state index in [4.69, 9.17) is 4.74 Å². The van der Waals surface area contributed by atoms with E-state index in [0.717, 1.165) is 18.6 Å². The summed E-state index contributed by atoms with van der Waals surface area (Å²) in [5.41, 5.74) is 0. The number of rotatable bonds is 6. The number of nitrogens with one attached hydrogen (secondary N) is 1. The lowest BCUT2D eigenvalue weighted by Crippen LogP contribution is -2.35. The van der Waals surface area contributed by atoms with Crippen LogP contribution in [0.2, 0.25) is 0 Å². The standard InChI is InChI=1S/C10H21NO/c1-4-8-6-10(8)11-9(5-2)7-12-3/h8-11H,4-7H2,1-3H3. The number of hydrogen-bond donors (Lipinski definition) is 1. The summed E-state index contributed by atoms with van der Waals surface area (Å²) in [5, 5.41) is 3.62. The third-order valence-corrected chi connectivity index (χ3v) is 2.76. The van der Waals surface area contributed by atoms with Crippen molar-refractivity contribution in [1.82, 2.24) is 5.32 Å². The van der Waals surface area contributed by atoms with E-state index in [1.54, 1.807) is 7.11 Å². The zero-order valence-electron chi connectivity index (χ0n) is 8.47. The third-order valence-electron chi connectivity index (χ3n) is 2.76. The molecule has 3 unspecified atom stereocenters. The highest BCUT2D eigenvalue weighted by molar-refractivity contribution is 4.93. The molecule has 0 bridgehead atoms. The van der Waals surface area contributed by atoms with Crippen LogP contribution in [-0.2, 0) is 4.74 Å². The fourth-order valence-corrected chi connectivity index (χ4v) is 1.69. The first-order chi connectivity index (χ1) is 5.81. The van der Waals surface area contributed by atoms with Gasteiger partial charge in [0.15, 0.2) is 0 Å². The van der Waals surface area contributed by atoms with Crippen molar-refractivity contribution in [2.45, 2.75) is 45.2 Å². The largest absolute Gasteiger partial charge is 0.383 e. The van der Waals surface area contributed by atoms with E-state index >= 15 is 0 Å². The van der Waals surface area contributed by atoms with E-state index in [9.17, 15) is 0 Å². The van der Waals surface area contributed by atoms with Gasteiger partial charge in [-0.25, -0.2) is 0 Å². The molecule has 0 aromatic rings. The minimum Gasteiger partial charge on any atom is -0.383 e. The van der Waals surface area contributed by atoms with Crippen molar-refractivity contribution >= 4 is 0 Å². The smallest absolute Gasteiger partial charge is 0.0615 e. The van der Waals surface area contributed by atoms with Crippen molar-refractivity contribution < 1.29 is 4.74 Å². The highest BCUT2D eigenvalue weighted by Gasteiger charge is 2.35. The summed E-state index contributed by atoms with van der Waals surface area (Å²) >= 11 is 0. The van der Waals surface area contributed by atoms with Gasteiger partial charge in [0.05, 0.1) is 6.61 Å². The van der Waals surface area contributed by atoms with Crippen molar-refractivity contribution in [2.75, 3.05) is 13.7 Å². The third kappa shape index (κ3) is 2.76. The summed E-state index contributed by atoms with van der Waals surface area (Å²) in [6.07, 6.45) is 3.86. The molecule has 3 atom stereocenters. The van der Waals surface area contributed by atoms with Crippen LogP contribution in [0.3, 0.4) is 0 Å². The Morgan fingerprint density at radius 2 is 2.25 bits per heavy atom. The maximum atomic E-state index is 5.13. The van der Waals surface area contributed by atoms with Crippen molar-refractivity contribution in [2.24, 2.45) is 5.92 Å². The van der Waals surface area contributed by atoms with Crippen molar-refractivity contribution in [3.05, 3.63) is 0 Å². The minimum absolute atomic E-state index is 0.566. The number of ether oxygens (including phenoxy) is 1. The molecule has 0 amide bonds. The fourth-order valence-electron chi connectivity index (χ4n) is 1.69. The quantitative estimate of drug-likeness (QED) is 0.658. The molecule has 0 aromatic heterocycles. The molecular weight excluding hydrogens is 150 g/mol. The molecule has 0 radical (unpaired) electrons. The fraction of sp³-hybridized carbons (Fsp3) is 1.00. The lowest BCUT2D eigenvalue weighted by atomic mass is 10.2. The van der Waals surface area contributed by atoms with Gasteiger partial charge in [-0.3, -0.25) is 0 Å². The SMILES string of the molecule is CCC(COC)NC1CC1CC. The van der Waals surface area contributed by atoms with E-state index in [1.165, 1.54) is 19.3 Å². The molecule has 1 rings (SSSR count). The van der Waals surface area contributed by atoms with Gasteiger partial charge in [-0.2, -0.15) is 0 Å². The molecule has 0 aromatic carbocycles. The molecule has 1 aliphatic carbocycles. The Morgan fingerprint density at radius 3 is 2.67 bits per heavy atom. The average molecular weight is 171 g/mol. The topological polar surface area (TPSA) is 21.3 Å². The Balaban J connectivity index is 2.11. The Morgan fingerprint density at radius 1 is 1.50 bits per heavy atom. The van der Waals surface area contributed by atoms with Gasteiger partial charge in [-0.05, 0) is 18.8 Å². The van der Waals surface area contributed by atoms with Gasteiger partial charge in [-0.15, -0.1) is 0 Å². The van der Waals surface area contributed by atoms with Gasteiger partial charge in [-0.1, -0.05) is 20.3 Å². The maximum absolute atomic E-state index is 5.13. The van der Waals surface area contributed by atoms with Gasteiger partial charge in [0.2, 0.25) is 0 Å². The second-order valence-corrected chi connectivity index (χ2v) is 3.74. The van der Waals surface area contributed by atoms with E-state index in [-0.39, 0.29) is 0 Å². The summed E-state index contributed by atoms with van der Waals surface area (Å²) in [6.45, 7) is 5.33. The van der Waals surface area contributed by atoms with Crippen LogP contribution in [-0.4, -0.2) is 25.8 Å². The summed E-state index contributed by atoms with van der Waals surface area (Å²) in [7, 11) is 1.77. The van der Waals surface area contributed by atoms with Gasteiger partial charge in [0.1, 0.15) is 0 Å². The first-order valence-electron chi connectivity index (χ1n) is 5.06. The molecule has 0 spiro atoms. The van der Waals surface area contributed by atoms with E-state index in [1.807, 2.05) is 0 Å². The van der Waals surface area contributed by atoms with Crippen molar-refractivity contribution in [3.8, 4) is 0 Å². The normalized spacial score (nSPS) is 30.2. The molecular formula is C10H21NO. The maximum Gasteiger partial charge on any atom is 0.0615 e. The Kier molecular flexibility index (Phi) is 4.02. The van der Waals surface area contributed by atoms with Crippen LogP contribution < -0.4 is 5.32 Å². The lowest BCUT2D eigenvalue weighted by Gasteiger charge is -2.15. The van der Waals surface area contributed by atoms with Crippen LogP contribution in [0.1, 0.15) is 33.1 Å². The highest BCUT2D eigenvalue weighted by atomic mass is 16.5. The van der Waals surface area contributed by atoms with Gasteiger partial charge in [0, 0.05) is 19.2 Å². The van der Waals surface area contributed by atoms with Crippen LogP contribution in [0.4, 0.5) is 0 Å². The number of methoxy groups -OCH3 is 1. The summed E-state index contributed by atoms with van der Waals surface area (Å²) < 4.78 is 5.13. The van der Waals surface area contributed by atoms with Gasteiger partial charge in [0.25, 0.3) is 0 Å². The molecule has 1 N–H and O–H groups in total. The monoisotopic (exact) mass is 171 g/mol. The van der Waals surface area contributed by atoms with E-state index < -0.39 is 0 Å². The lowest BCUT2D eigenvalue weighted by molar-refractivity contribution is 0.163. The van der Waals surface area contributed by atoms with Crippen molar-refractivity contribution in [3.63, 3.8) is 0 Å². The average Bonchev–Trinajstić information content (AvgIpc) is 2.82. The minimum atomic E-state index is 0.566. The predicted octanol–water partition coefficient (Wildman–Crippen LogP) is 1.80. The molecule has 0 heterocycles. The van der Waals surface area contributed by atoms with E-state index in [2.05, 4.69) is 19.2 Å². The number of hydrogen-bond acceptors (Lipinski definition) is 2. The van der Waals surface area contributed by atoms with Crippen LogP contribution in [0.15, 0.2) is 0 Å². The van der Waals surface area contributed by atoms with Gasteiger partial charge < -0.3 is 10.1 Å². The molecule has 1 saturated carbocycles. The molecule has 1 aliphatic rings. The van der Waals surface area contributed by atoms with Crippen LogP contribution in [0.25, 0.3) is 0 Å². The molecule has 1 fully saturated rings. The zero-order valence-corrected chi connectivity index (χ0v) is 8.47. The summed E-state index contributed by atoms with van der Waals surface area (Å²) in [6, 6.07) is 1.35. The molecule has 2 nitrogen and oxygen atoms in total. The van der Waals surface area contributed by atoms with Crippen LogP contribution in [0.5, 0.6) is 0 Å². The van der Waals surface area contributed by atoms with E-state index in [0.29, 0.717) is 6.04 Å². The molecule has 0 aliphatic heterocycles. The highest BCUT2D eigenvalue weighted by Crippen LogP contribution is 2.33. The Labute approximate surface area is 75.7 Å². The molecule has 12 heavy (non-hydrogen) atoms. The second kappa shape index (κ2) is 4.83. The van der Waals surface area contributed by atoms with Crippen LogP contribution >= 0.6 is 0 Å². The zero-order chi connectivity index (χ0) is 8.97. The summed E-state index contributed by atoms with van der Waals surface area (Å²) in [5.74, 6) is 0.941. The summed E-state index contributed by atoms with van der Waals surface area (Å²) in [4.78, 5) is 0. The first kappa shape index (κ1) is 10.0.